The van der Waals surface area contributed by atoms with Gasteiger partial charge in [-0.1, -0.05) is 11.6 Å². The Morgan fingerprint density at radius 3 is 3.00 bits per heavy atom. The number of halogens is 2. The van der Waals surface area contributed by atoms with Gasteiger partial charge in [0.25, 0.3) is 0 Å². The second-order valence-corrected chi connectivity index (χ2v) is 5.24. The van der Waals surface area contributed by atoms with E-state index in [1.54, 1.807) is 12.4 Å². The summed E-state index contributed by atoms with van der Waals surface area (Å²) in [7, 11) is 0. The van der Waals surface area contributed by atoms with Crippen molar-refractivity contribution in [1.82, 2.24) is 14.5 Å². The number of nitrogens with zero attached hydrogens (tertiary/aromatic N) is 3. The highest BCUT2D eigenvalue weighted by molar-refractivity contribution is 9.10. The molecular weight excluding hydrogens is 316 g/mol. The van der Waals surface area contributed by atoms with Crippen molar-refractivity contribution in [3.05, 3.63) is 40.5 Å². The van der Waals surface area contributed by atoms with Gasteiger partial charge in [-0.3, -0.25) is 0 Å². The van der Waals surface area contributed by atoms with Gasteiger partial charge in [0.1, 0.15) is 5.82 Å². The van der Waals surface area contributed by atoms with Crippen molar-refractivity contribution in [2.45, 2.75) is 19.4 Å². The Labute approximate surface area is 120 Å². The lowest BCUT2D eigenvalue weighted by Crippen LogP contribution is -2.05. The lowest BCUT2D eigenvalue weighted by molar-refractivity contribution is 0.620. The molecule has 0 spiro atoms. The molecule has 4 nitrogen and oxygen atoms in total. The first-order valence-electron chi connectivity index (χ1n) is 5.76. The number of anilines is 1. The lowest BCUT2D eigenvalue weighted by atomic mass is 10.3. The van der Waals surface area contributed by atoms with Crippen LogP contribution in [0.15, 0.2) is 35.5 Å². The van der Waals surface area contributed by atoms with Crippen LogP contribution in [0, 0.1) is 0 Å². The molecule has 0 saturated carbocycles. The van der Waals surface area contributed by atoms with Gasteiger partial charge in [-0.05, 0) is 34.8 Å². The second kappa shape index (κ2) is 6.75. The molecule has 96 valence electrons. The molecule has 2 aromatic rings. The molecule has 2 rings (SSSR count). The summed E-state index contributed by atoms with van der Waals surface area (Å²) in [5.41, 5.74) is 0. The summed E-state index contributed by atoms with van der Waals surface area (Å²) in [5, 5.41) is 3.87. The maximum absolute atomic E-state index is 6.06. The highest BCUT2D eigenvalue weighted by atomic mass is 79.9. The van der Waals surface area contributed by atoms with Crippen molar-refractivity contribution < 1.29 is 0 Å². The van der Waals surface area contributed by atoms with E-state index in [4.69, 9.17) is 11.6 Å². The molecule has 0 unspecified atom stereocenters. The minimum atomic E-state index is 0.638. The van der Waals surface area contributed by atoms with Crippen LogP contribution in [0.3, 0.4) is 0 Å². The average Bonchev–Trinajstić information content (AvgIpc) is 2.84. The number of unbranched alkanes of at least 4 members (excludes halogenated alkanes) is 1. The molecule has 0 amide bonds. The minimum absolute atomic E-state index is 0.638. The summed E-state index contributed by atoms with van der Waals surface area (Å²) >= 11 is 9.38. The fourth-order valence-electron chi connectivity index (χ4n) is 1.59. The largest absolute Gasteiger partial charge is 0.369 e. The summed E-state index contributed by atoms with van der Waals surface area (Å²) in [6.07, 6.45) is 9.49. The smallest absolute Gasteiger partial charge is 0.144 e. The number of hydrogen-bond donors (Lipinski definition) is 1. The van der Waals surface area contributed by atoms with E-state index < -0.39 is 0 Å². The van der Waals surface area contributed by atoms with Gasteiger partial charge < -0.3 is 9.88 Å². The molecule has 0 bridgehead atoms. The average molecular weight is 330 g/mol. The van der Waals surface area contributed by atoms with Crippen LogP contribution >= 0.6 is 27.5 Å². The van der Waals surface area contributed by atoms with Crippen molar-refractivity contribution in [3.63, 3.8) is 0 Å². The van der Waals surface area contributed by atoms with Gasteiger partial charge in [-0.2, -0.15) is 0 Å². The molecule has 0 atom stereocenters. The second-order valence-electron chi connectivity index (χ2n) is 3.92. The van der Waals surface area contributed by atoms with Crippen LogP contribution in [0.25, 0.3) is 0 Å². The maximum Gasteiger partial charge on any atom is 0.144 e. The van der Waals surface area contributed by atoms with E-state index in [0.29, 0.717) is 5.02 Å². The van der Waals surface area contributed by atoms with Crippen molar-refractivity contribution in [3.8, 4) is 0 Å². The summed E-state index contributed by atoms with van der Waals surface area (Å²) in [6, 6.07) is 1.84. The van der Waals surface area contributed by atoms with Crippen LogP contribution in [-0.2, 0) is 6.54 Å². The van der Waals surface area contributed by atoms with E-state index in [2.05, 4.69) is 35.8 Å². The third-order valence-corrected chi connectivity index (χ3v) is 3.22. The maximum atomic E-state index is 6.06. The van der Waals surface area contributed by atoms with Crippen molar-refractivity contribution >= 4 is 33.3 Å². The normalized spacial score (nSPS) is 10.6. The van der Waals surface area contributed by atoms with Gasteiger partial charge in [0.05, 0.1) is 11.3 Å². The van der Waals surface area contributed by atoms with Crippen molar-refractivity contribution in [2.24, 2.45) is 0 Å². The Morgan fingerprint density at radius 2 is 2.28 bits per heavy atom. The van der Waals surface area contributed by atoms with Gasteiger partial charge in [-0.15, -0.1) is 0 Å². The van der Waals surface area contributed by atoms with Gasteiger partial charge in [0, 0.05) is 36.2 Å². The van der Waals surface area contributed by atoms with E-state index in [1.807, 2.05) is 18.6 Å². The Bertz CT molecular complexity index is 487. The van der Waals surface area contributed by atoms with E-state index in [0.717, 1.165) is 36.2 Å². The zero-order valence-electron chi connectivity index (χ0n) is 9.81. The third-order valence-electron chi connectivity index (χ3n) is 2.50. The highest BCUT2D eigenvalue weighted by Gasteiger charge is 2.01. The predicted molar refractivity (Wildman–Crippen MR) is 76.9 cm³/mol. The molecule has 0 aliphatic rings. The van der Waals surface area contributed by atoms with E-state index in [-0.39, 0.29) is 0 Å². The number of nitrogens with one attached hydrogen (secondary N) is 1. The zero-order valence-corrected chi connectivity index (χ0v) is 12.2. The number of aromatic nitrogens is 3. The fourth-order valence-corrected chi connectivity index (χ4v) is 2.29. The minimum Gasteiger partial charge on any atom is -0.369 e. The summed E-state index contributed by atoms with van der Waals surface area (Å²) < 4.78 is 2.96. The molecule has 0 saturated heterocycles. The Morgan fingerprint density at radius 1 is 1.39 bits per heavy atom. The van der Waals surface area contributed by atoms with Gasteiger partial charge in [0.15, 0.2) is 0 Å². The molecule has 0 aliphatic carbocycles. The van der Waals surface area contributed by atoms with Crippen LogP contribution in [0.1, 0.15) is 12.8 Å². The molecule has 0 fully saturated rings. The fraction of sp³-hybridized carbons (Fsp3) is 0.333. The highest BCUT2D eigenvalue weighted by Crippen LogP contribution is 2.22. The van der Waals surface area contributed by atoms with Crippen LogP contribution in [-0.4, -0.2) is 21.1 Å². The lowest BCUT2D eigenvalue weighted by Gasteiger charge is -2.07. The Balaban J connectivity index is 1.69. The quantitative estimate of drug-likeness (QED) is 0.824. The predicted octanol–water partition coefficient (Wildman–Crippen LogP) is 3.59. The molecule has 18 heavy (non-hydrogen) atoms. The zero-order chi connectivity index (χ0) is 12.8. The first kappa shape index (κ1) is 13.4. The van der Waals surface area contributed by atoms with E-state index >= 15 is 0 Å². The monoisotopic (exact) mass is 328 g/mol. The number of hydrogen-bond acceptors (Lipinski definition) is 3. The van der Waals surface area contributed by atoms with Crippen LogP contribution < -0.4 is 5.32 Å². The number of pyridine rings is 1. The molecule has 2 aromatic heterocycles. The summed E-state index contributed by atoms with van der Waals surface area (Å²) in [6.45, 7) is 1.85. The summed E-state index contributed by atoms with van der Waals surface area (Å²) in [5.74, 6) is 0.738. The molecule has 1 N–H and O–H groups in total. The third kappa shape index (κ3) is 3.99. The number of imidazole rings is 1. The number of rotatable bonds is 6. The van der Waals surface area contributed by atoms with Gasteiger partial charge in [-0.25, -0.2) is 9.97 Å². The van der Waals surface area contributed by atoms with Crippen LogP contribution in [0.5, 0.6) is 0 Å². The molecule has 0 aromatic carbocycles. The van der Waals surface area contributed by atoms with Crippen LogP contribution in [0.2, 0.25) is 5.02 Å². The molecule has 0 radical (unpaired) electrons. The molecular formula is C12H14BrClN4. The van der Waals surface area contributed by atoms with Gasteiger partial charge in [0.2, 0.25) is 0 Å². The number of aryl methyl sites for hydroxylation is 1. The SMILES string of the molecule is Clc1cc(Br)cnc1NCCCCn1ccnc1. The Kier molecular flexibility index (Phi) is 5.01. The first-order chi connectivity index (χ1) is 8.75. The molecule has 2 heterocycles. The van der Waals surface area contributed by atoms with Crippen molar-refractivity contribution in [1.29, 1.82) is 0 Å². The topological polar surface area (TPSA) is 42.7 Å². The van der Waals surface area contributed by atoms with E-state index in [9.17, 15) is 0 Å². The van der Waals surface area contributed by atoms with Crippen LogP contribution in [0.4, 0.5) is 5.82 Å². The Hall–Kier alpha value is -1.07. The molecule has 6 heteroatoms. The van der Waals surface area contributed by atoms with Crippen molar-refractivity contribution in [2.75, 3.05) is 11.9 Å². The standard InChI is InChI=1S/C12H14BrClN4/c13-10-7-11(14)12(17-8-10)16-3-1-2-5-18-6-4-15-9-18/h4,6-9H,1-3,5H2,(H,16,17). The van der Waals surface area contributed by atoms with Gasteiger partial charge >= 0.3 is 0 Å². The first-order valence-corrected chi connectivity index (χ1v) is 6.93. The summed E-state index contributed by atoms with van der Waals surface area (Å²) in [4.78, 5) is 8.22. The molecule has 0 aliphatic heterocycles. The van der Waals surface area contributed by atoms with E-state index in [1.165, 1.54) is 0 Å².